The average molecular weight is 300 g/mol. The molecule has 1 fully saturated rings. The van der Waals surface area contributed by atoms with E-state index < -0.39 is 5.60 Å². The molecule has 2 heterocycles. The van der Waals surface area contributed by atoms with Crippen molar-refractivity contribution in [2.24, 2.45) is 0 Å². The third-order valence-electron chi connectivity index (χ3n) is 4.10. The number of rotatable bonds is 5. The topological polar surface area (TPSA) is 50.1 Å². The molecule has 1 aliphatic heterocycles. The van der Waals surface area contributed by atoms with E-state index in [4.69, 9.17) is 11.6 Å². The number of nitrogens with zero attached hydrogens (tertiary/aromatic N) is 2. The van der Waals surface area contributed by atoms with Crippen LogP contribution in [0, 0.1) is 6.92 Å². The summed E-state index contributed by atoms with van der Waals surface area (Å²) in [5.41, 5.74) is 1.04. The molecule has 0 saturated carbocycles. The normalized spacial score (nSPS) is 22.8. The van der Waals surface area contributed by atoms with Crippen molar-refractivity contribution in [3.8, 4) is 0 Å². The summed E-state index contributed by atoms with van der Waals surface area (Å²) in [6.45, 7) is 7.70. The maximum absolute atomic E-state index is 10.7. The van der Waals surface area contributed by atoms with Crippen LogP contribution >= 0.6 is 11.6 Å². The second kappa shape index (κ2) is 6.46. The molecular formula is C15H26ClN3O. The number of aliphatic hydroxyl groups is 1. The average Bonchev–Trinajstić information content (AvgIpc) is 2.66. The molecule has 2 rings (SSSR count). The Bertz CT molecular complexity index is 450. The number of halogens is 1. The zero-order valence-electron chi connectivity index (χ0n) is 12.7. The SMILES string of the molecule is CCn1nc(C)c(Cl)c1CC(C)(O)CC1CCCCN1. The number of hydrogen-bond acceptors (Lipinski definition) is 3. The molecule has 2 unspecified atom stereocenters. The van der Waals surface area contributed by atoms with Gasteiger partial charge in [0.1, 0.15) is 0 Å². The summed E-state index contributed by atoms with van der Waals surface area (Å²) in [7, 11) is 0. The van der Waals surface area contributed by atoms with Crippen molar-refractivity contribution >= 4 is 11.6 Å². The first kappa shape index (κ1) is 15.8. The molecule has 5 heteroatoms. The van der Waals surface area contributed by atoms with E-state index in [0.29, 0.717) is 17.5 Å². The van der Waals surface area contributed by atoms with Gasteiger partial charge in [0.05, 0.1) is 22.0 Å². The Labute approximate surface area is 126 Å². The second-order valence-corrected chi connectivity index (χ2v) is 6.56. The largest absolute Gasteiger partial charge is 0.390 e. The highest BCUT2D eigenvalue weighted by atomic mass is 35.5. The van der Waals surface area contributed by atoms with Crippen molar-refractivity contribution in [3.05, 3.63) is 16.4 Å². The van der Waals surface area contributed by atoms with E-state index in [9.17, 15) is 5.11 Å². The lowest BCUT2D eigenvalue weighted by Crippen LogP contribution is -2.42. The minimum Gasteiger partial charge on any atom is -0.390 e. The maximum atomic E-state index is 10.7. The molecular weight excluding hydrogens is 274 g/mol. The predicted molar refractivity (Wildman–Crippen MR) is 82.2 cm³/mol. The molecule has 0 amide bonds. The van der Waals surface area contributed by atoms with Crippen LogP contribution in [0.15, 0.2) is 0 Å². The summed E-state index contributed by atoms with van der Waals surface area (Å²) in [4.78, 5) is 0. The molecule has 2 atom stereocenters. The highest BCUT2D eigenvalue weighted by molar-refractivity contribution is 6.31. The molecule has 0 aliphatic carbocycles. The van der Waals surface area contributed by atoms with Crippen molar-refractivity contribution < 1.29 is 5.11 Å². The molecule has 1 aliphatic rings. The van der Waals surface area contributed by atoms with Gasteiger partial charge in [-0.2, -0.15) is 5.10 Å². The van der Waals surface area contributed by atoms with Gasteiger partial charge in [-0.3, -0.25) is 4.68 Å². The third-order valence-corrected chi connectivity index (χ3v) is 4.59. The molecule has 2 N–H and O–H groups in total. The van der Waals surface area contributed by atoms with Crippen molar-refractivity contribution in [1.29, 1.82) is 0 Å². The zero-order valence-corrected chi connectivity index (χ0v) is 13.5. The van der Waals surface area contributed by atoms with E-state index in [2.05, 4.69) is 10.4 Å². The minimum atomic E-state index is -0.752. The van der Waals surface area contributed by atoms with E-state index in [1.807, 2.05) is 25.5 Å². The van der Waals surface area contributed by atoms with Crippen LogP contribution in [0.3, 0.4) is 0 Å². The van der Waals surface area contributed by atoms with Gasteiger partial charge in [0.15, 0.2) is 0 Å². The first-order valence-electron chi connectivity index (χ1n) is 7.60. The zero-order chi connectivity index (χ0) is 14.8. The van der Waals surface area contributed by atoms with Crippen LogP contribution in [0.1, 0.15) is 50.9 Å². The van der Waals surface area contributed by atoms with E-state index in [0.717, 1.165) is 37.3 Å². The Morgan fingerprint density at radius 2 is 2.25 bits per heavy atom. The lowest BCUT2D eigenvalue weighted by atomic mass is 9.88. The molecule has 1 saturated heterocycles. The van der Waals surface area contributed by atoms with Crippen LogP contribution in [0.25, 0.3) is 0 Å². The summed E-state index contributed by atoms with van der Waals surface area (Å²) < 4.78 is 1.90. The van der Waals surface area contributed by atoms with Gasteiger partial charge in [0.25, 0.3) is 0 Å². The fourth-order valence-electron chi connectivity index (χ4n) is 3.10. The monoisotopic (exact) mass is 299 g/mol. The molecule has 1 aromatic rings. The standard InChI is InChI=1S/C15H26ClN3O/c1-4-19-13(14(16)11(2)18-19)10-15(3,20)9-12-7-5-6-8-17-12/h12,17,20H,4-10H2,1-3H3. The van der Waals surface area contributed by atoms with Gasteiger partial charge in [0.2, 0.25) is 0 Å². The Hall–Kier alpha value is -0.580. The van der Waals surface area contributed by atoms with Crippen LogP contribution in [0.2, 0.25) is 5.02 Å². The van der Waals surface area contributed by atoms with Gasteiger partial charge in [0, 0.05) is 19.0 Å². The molecule has 4 nitrogen and oxygen atoms in total. The third kappa shape index (κ3) is 3.74. The number of aryl methyl sites for hydroxylation is 2. The van der Waals surface area contributed by atoms with Crippen molar-refractivity contribution in [1.82, 2.24) is 15.1 Å². The summed E-state index contributed by atoms with van der Waals surface area (Å²) >= 11 is 6.33. The van der Waals surface area contributed by atoms with Crippen LogP contribution in [-0.2, 0) is 13.0 Å². The highest BCUT2D eigenvalue weighted by Gasteiger charge is 2.29. The first-order valence-corrected chi connectivity index (χ1v) is 7.98. The van der Waals surface area contributed by atoms with E-state index in [1.54, 1.807) is 0 Å². The fourth-order valence-corrected chi connectivity index (χ4v) is 3.30. The Balaban J connectivity index is 2.07. The van der Waals surface area contributed by atoms with E-state index in [-0.39, 0.29) is 0 Å². The lowest BCUT2D eigenvalue weighted by molar-refractivity contribution is 0.0353. The van der Waals surface area contributed by atoms with Gasteiger partial charge in [-0.1, -0.05) is 18.0 Å². The Morgan fingerprint density at radius 3 is 2.85 bits per heavy atom. The summed E-state index contributed by atoms with van der Waals surface area (Å²) in [6, 6.07) is 0.414. The van der Waals surface area contributed by atoms with Gasteiger partial charge < -0.3 is 10.4 Å². The second-order valence-electron chi connectivity index (χ2n) is 6.19. The number of piperidine rings is 1. The smallest absolute Gasteiger partial charge is 0.0848 e. The van der Waals surface area contributed by atoms with Crippen LogP contribution in [-0.4, -0.2) is 33.1 Å². The molecule has 20 heavy (non-hydrogen) atoms. The summed E-state index contributed by atoms with van der Waals surface area (Å²) in [6.07, 6.45) is 4.96. The van der Waals surface area contributed by atoms with Crippen molar-refractivity contribution in [3.63, 3.8) is 0 Å². The quantitative estimate of drug-likeness (QED) is 0.879. The van der Waals surface area contributed by atoms with E-state index >= 15 is 0 Å². The maximum Gasteiger partial charge on any atom is 0.0848 e. The van der Waals surface area contributed by atoms with Crippen LogP contribution in [0.4, 0.5) is 0 Å². The van der Waals surface area contributed by atoms with Gasteiger partial charge in [-0.05, 0) is 46.6 Å². The molecule has 0 bridgehead atoms. The molecule has 0 radical (unpaired) electrons. The molecule has 0 spiro atoms. The molecule has 1 aromatic heterocycles. The molecule has 114 valence electrons. The number of aromatic nitrogens is 2. The van der Waals surface area contributed by atoms with Crippen LogP contribution in [0.5, 0.6) is 0 Å². The predicted octanol–water partition coefficient (Wildman–Crippen LogP) is 2.69. The molecule has 0 aromatic carbocycles. The van der Waals surface area contributed by atoms with Gasteiger partial charge >= 0.3 is 0 Å². The lowest BCUT2D eigenvalue weighted by Gasteiger charge is -2.31. The van der Waals surface area contributed by atoms with Gasteiger partial charge in [-0.25, -0.2) is 0 Å². The Morgan fingerprint density at radius 1 is 1.50 bits per heavy atom. The highest BCUT2D eigenvalue weighted by Crippen LogP contribution is 2.28. The van der Waals surface area contributed by atoms with E-state index in [1.165, 1.54) is 12.8 Å². The fraction of sp³-hybridized carbons (Fsp3) is 0.800. The Kier molecular flexibility index (Phi) is 5.10. The van der Waals surface area contributed by atoms with Crippen molar-refractivity contribution in [2.45, 2.75) is 71.1 Å². The first-order chi connectivity index (χ1) is 9.43. The van der Waals surface area contributed by atoms with Crippen LogP contribution < -0.4 is 5.32 Å². The van der Waals surface area contributed by atoms with Crippen molar-refractivity contribution in [2.75, 3.05) is 6.54 Å². The minimum absolute atomic E-state index is 0.414. The number of hydrogen-bond donors (Lipinski definition) is 2. The number of nitrogens with one attached hydrogen (secondary N) is 1. The summed E-state index contributed by atoms with van der Waals surface area (Å²) in [5, 5.41) is 19.3. The van der Waals surface area contributed by atoms with Gasteiger partial charge in [-0.15, -0.1) is 0 Å². The summed E-state index contributed by atoms with van der Waals surface area (Å²) in [5.74, 6) is 0.